The highest BCUT2D eigenvalue weighted by Gasteiger charge is 2.25. The number of para-hydroxylation sites is 1. The van der Waals surface area contributed by atoms with Gasteiger partial charge in [0.15, 0.2) is 0 Å². The first-order chi connectivity index (χ1) is 9.24. The summed E-state index contributed by atoms with van der Waals surface area (Å²) in [6.07, 6.45) is 2.61. The highest BCUT2D eigenvalue weighted by Crippen LogP contribution is 2.25. The third-order valence-electron chi connectivity index (χ3n) is 3.44. The average molecular weight is 258 g/mol. The minimum Gasteiger partial charge on any atom is -0.476 e. The highest BCUT2D eigenvalue weighted by atomic mass is 16.5. The molecule has 5 nitrogen and oxygen atoms in total. The summed E-state index contributed by atoms with van der Waals surface area (Å²) >= 11 is 0. The summed E-state index contributed by atoms with van der Waals surface area (Å²) in [6, 6.07) is 8.49. The zero-order valence-electron chi connectivity index (χ0n) is 11.0. The minimum absolute atomic E-state index is 0.254. The van der Waals surface area contributed by atoms with Gasteiger partial charge in [0.05, 0.1) is 10.9 Å². The Morgan fingerprint density at radius 1 is 1.32 bits per heavy atom. The van der Waals surface area contributed by atoms with Crippen molar-refractivity contribution in [2.75, 3.05) is 25.9 Å². The smallest absolute Gasteiger partial charge is 0.226 e. The van der Waals surface area contributed by atoms with E-state index in [0.717, 1.165) is 23.5 Å². The Kier molecular flexibility index (Phi) is 3.21. The SMILES string of the molecule is CN(CCOc1nc(N)nc2ccccc12)C1CC1. The molecule has 1 aromatic heterocycles. The monoisotopic (exact) mass is 258 g/mol. The van der Waals surface area contributed by atoms with E-state index in [2.05, 4.69) is 21.9 Å². The van der Waals surface area contributed by atoms with E-state index >= 15 is 0 Å². The molecule has 19 heavy (non-hydrogen) atoms. The number of nitrogens with two attached hydrogens (primary N) is 1. The van der Waals surface area contributed by atoms with Crippen molar-refractivity contribution in [2.45, 2.75) is 18.9 Å². The summed E-state index contributed by atoms with van der Waals surface area (Å²) in [5, 5.41) is 0.908. The van der Waals surface area contributed by atoms with Gasteiger partial charge in [-0.05, 0) is 32.0 Å². The summed E-state index contributed by atoms with van der Waals surface area (Å²) in [6.45, 7) is 1.52. The second-order valence-corrected chi connectivity index (χ2v) is 4.96. The van der Waals surface area contributed by atoms with Crippen molar-refractivity contribution in [1.29, 1.82) is 0 Å². The lowest BCUT2D eigenvalue weighted by molar-refractivity contribution is 0.228. The zero-order chi connectivity index (χ0) is 13.2. The first-order valence-electron chi connectivity index (χ1n) is 6.59. The number of nitrogens with zero attached hydrogens (tertiary/aromatic N) is 3. The van der Waals surface area contributed by atoms with Crippen LogP contribution in [-0.2, 0) is 0 Å². The van der Waals surface area contributed by atoms with Gasteiger partial charge < -0.3 is 15.4 Å². The molecule has 1 heterocycles. The Labute approximate surface area is 112 Å². The van der Waals surface area contributed by atoms with E-state index < -0.39 is 0 Å². The molecule has 0 unspecified atom stereocenters. The van der Waals surface area contributed by atoms with Crippen molar-refractivity contribution in [3.63, 3.8) is 0 Å². The number of fused-ring (bicyclic) bond motifs is 1. The standard InChI is InChI=1S/C14H18N4O/c1-18(10-6-7-10)8-9-19-13-11-4-2-3-5-12(11)16-14(15)17-13/h2-5,10H,6-9H2,1H3,(H2,15,16,17). The molecule has 0 saturated heterocycles. The number of ether oxygens (including phenoxy) is 1. The van der Waals surface area contributed by atoms with Gasteiger partial charge in [-0.3, -0.25) is 0 Å². The first kappa shape index (κ1) is 12.2. The van der Waals surface area contributed by atoms with E-state index in [1.165, 1.54) is 12.8 Å². The van der Waals surface area contributed by atoms with E-state index in [9.17, 15) is 0 Å². The van der Waals surface area contributed by atoms with Crippen LogP contribution in [0.1, 0.15) is 12.8 Å². The van der Waals surface area contributed by atoms with Crippen LogP contribution in [0.2, 0.25) is 0 Å². The molecule has 0 aliphatic heterocycles. The molecule has 1 aromatic carbocycles. The summed E-state index contributed by atoms with van der Waals surface area (Å²) in [5.74, 6) is 0.830. The van der Waals surface area contributed by atoms with Gasteiger partial charge >= 0.3 is 0 Å². The van der Waals surface area contributed by atoms with Crippen molar-refractivity contribution in [2.24, 2.45) is 0 Å². The fourth-order valence-electron chi connectivity index (χ4n) is 2.16. The number of rotatable bonds is 5. The van der Waals surface area contributed by atoms with Crippen LogP contribution in [0.25, 0.3) is 10.9 Å². The molecule has 0 radical (unpaired) electrons. The summed E-state index contributed by atoms with van der Waals surface area (Å²) in [5.41, 5.74) is 6.52. The van der Waals surface area contributed by atoms with Crippen LogP contribution in [-0.4, -0.2) is 41.1 Å². The number of benzene rings is 1. The van der Waals surface area contributed by atoms with Gasteiger partial charge in [-0.2, -0.15) is 4.98 Å². The Hall–Kier alpha value is -1.88. The molecule has 100 valence electrons. The fraction of sp³-hybridized carbons (Fsp3) is 0.429. The Balaban J connectivity index is 1.72. The molecule has 0 bridgehead atoms. The van der Waals surface area contributed by atoms with Crippen molar-refractivity contribution >= 4 is 16.9 Å². The Bertz CT molecular complexity index is 583. The topological polar surface area (TPSA) is 64.3 Å². The van der Waals surface area contributed by atoms with Crippen LogP contribution >= 0.6 is 0 Å². The molecular weight excluding hydrogens is 240 g/mol. The molecule has 0 amide bonds. The number of nitrogen functional groups attached to an aromatic ring is 1. The molecule has 5 heteroatoms. The van der Waals surface area contributed by atoms with E-state index in [1.807, 2.05) is 24.3 Å². The molecule has 1 aliphatic rings. The van der Waals surface area contributed by atoms with Crippen LogP contribution in [0.4, 0.5) is 5.95 Å². The van der Waals surface area contributed by atoms with Crippen molar-refractivity contribution < 1.29 is 4.74 Å². The van der Waals surface area contributed by atoms with Gasteiger partial charge in [0, 0.05) is 12.6 Å². The van der Waals surface area contributed by atoms with Gasteiger partial charge in [0.2, 0.25) is 11.8 Å². The van der Waals surface area contributed by atoms with Crippen molar-refractivity contribution in [1.82, 2.24) is 14.9 Å². The predicted molar refractivity (Wildman–Crippen MR) is 75.1 cm³/mol. The van der Waals surface area contributed by atoms with E-state index in [1.54, 1.807) is 0 Å². The van der Waals surface area contributed by atoms with Crippen LogP contribution < -0.4 is 10.5 Å². The van der Waals surface area contributed by atoms with E-state index in [0.29, 0.717) is 12.5 Å². The molecule has 0 atom stereocenters. The second-order valence-electron chi connectivity index (χ2n) is 4.96. The quantitative estimate of drug-likeness (QED) is 0.884. The molecular formula is C14H18N4O. The Morgan fingerprint density at radius 2 is 2.11 bits per heavy atom. The van der Waals surface area contributed by atoms with Crippen molar-refractivity contribution in [3.8, 4) is 5.88 Å². The number of hydrogen-bond acceptors (Lipinski definition) is 5. The largest absolute Gasteiger partial charge is 0.476 e. The lowest BCUT2D eigenvalue weighted by Gasteiger charge is -2.16. The van der Waals surface area contributed by atoms with Gasteiger partial charge in [0.25, 0.3) is 0 Å². The molecule has 1 saturated carbocycles. The molecule has 2 N–H and O–H groups in total. The van der Waals surface area contributed by atoms with Gasteiger partial charge in [-0.25, -0.2) is 4.98 Å². The van der Waals surface area contributed by atoms with Gasteiger partial charge in [-0.1, -0.05) is 12.1 Å². The van der Waals surface area contributed by atoms with Gasteiger partial charge in [0.1, 0.15) is 6.61 Å². The zero-order valence-corrected chi connectivity index (χ0v) is 11.0. The second kappa shape index (κ2) is 5.01. The van der Waals surface area contributed by atoms with Crippen LogP contribution in [0.5, 0.6) is 5.88 Å². The van der Waals surface area contributed by atoms with Crippen LogP contribution in [0.3, 0.4) is 0 Å². The number of hydrogen-bond donors (Lipinski definition) is 1. The van der Waals surface area contributed by atoms with E-state index in [4.69, 9.17) is 10.5 Å². The molecule has 0 spiro atoms. The number of aromatic nitrogens is 2. The number of likely N-dealkylation sites (N-methyl/N-ethyl adjacent to an activating group) is 1. The van der Waals surface area contributed by atoms with Crippen LogP contribution in [0, 0.1) is 0 Å². The molecule has 1 fully saturated rings. The van der Waals surface area contributed by atoms with Gasteiger partial charge in [-0.15, -0.1) is 0 Å². The Morgan fingerprint density at radius 3 is 2.89 bits per heavy atom. The average Bonchev–Trinajstić information content (AvgIpc) is 3.22. The maximum atomic E-state index is 5.78. The third-order valence-corrected chi connectivity index (χ3v) is 3.44. The minimum atomic E-state index is 0.254. The molecule has 2 aromatic rings. The summed E-state index contributed by atoms with van der Waals surface area (Å²) in [4.78, 5) is 10.7. The molecule has 3 rings (SSSR count). The normalized spacial score (nSPS) is 15.1. The summed E-state index contributed by atoms with van der Waals surface area (Å²) in [7, 11) is 2.13. The predicted octanol–water partition coefficient (Wildman–Crippen LogP) is 1.68. The maximum Gasteiger partial charge on any atom is 0.226 e. The number of anilines is 1. The van der Waals surface area contributed by atoms with Crippen LogP contribution in [0.15, 0.2) is 24.3 Å². The molecule has 1 aliphatic carbocycles. The van der Waals surface area contributed by atoms with Crippen molar-refractivity contribution in [3.05, 3.63) is 24.3 Å². The maximum absolute atomic E-state index is 5.78. The third kappa shape index (κ3) is 2.76. The first-order valence-corrected chi connectivity index (χ1v) is 6.59. The fourth-order valence-corrected chi connectivity index (χ4v) is 2.16. The summed E-state index contributed by atoms with van der Waals surface area (Å²) < 4.78 is 5.78. The highest BCUT2D eigenvalue weighted by molar-refractivity contribution is 5.84. The lowest BCUT2D eigenvalue weighted by atomic mass is 10.2. The van der Waals surface area contributed by atoms with E-state index in [-0.39, 0.29) is 5.95 Å². The lowest BCUT2D eigenvalue weighted by Crippen LogP contribution is -2.26.